The summed E-state index contributed by atoms with van der Waals surface area (Å²) in [4.78, 5) is 12.6. The van der Waals surface area contributed by atoms with Gasteiger partial charge in [-0.05, 0) is 30.3 Å². The SMILES string of the molecule is CN(C)S(=O)(=O)c1ccc(CNS(=O)(=O)c2ccc3c(c2)n(C)c(=O)n3C)s1. The minimum absolute atomic E-state index is 0.0268. The Morgan fingerprint density at radius 1 is 1.00 bits per heavy atom. The Balaban J connectivity index is 1.85. The van der Waals surface area contributed by atoms with Gasteiger partial charge in [0.15, 0.2) is 0 Å². The molecule has 152 valence electrons. The monoisotopic (exact) mass is 444 g/mol. The number of aryl methyl sites for hydroxylation is 2. The van der Waals surface area contributed by atoms with Crippen molar-refractivity contribution in [2.75, 3.05) is 14.1 Å². The maximum absolute atomic E-state index is 12.6. The summed E-state index contributed by atoms with van der Waals surface area (Å²) in [5, 5.41) is 0. The lowest BCUT2D eigenvalue weighted by molar-refractivity contribution is 0.523. The number of fused-ring (bicyclic) bond motifs is 1. The molecule has 12 heteroatoms. The van der Waals surface area contributed by atoms with Crippen molar-refractivity contribution in [2.45, 2.75) is 15.6 Å². The van der Waals surface area contributed by atoms with Gasteiger partial charge in [-0.25, -0.2) is 30.7 Å². The van der Waals surface area contributed by atoms with Crippen LogP contribution < -0.4 is 10.4 Å². The molecular weight excluding hydrogens is 424 g/mol. The van der Waals surface area contributed by atoms with Crippen LogP contribution in [0.15, 0.2) is 44.2 Å². The molecule has 0 aliphatic rings. The quantitative estimate of drug-likeness (QED) is 0.601. The minimum Gasteiger partial charge on any atom is -0.295 e. The Hall–Kier alpha value is -1.99. The zero-order valence-corrected chi connectivity index (χ0v) is 18.2. The average Bonchev–Trinajstić information content (AvgIpc) is 3.20. The third-order valence-electron chi connectivity index (χ3n) is 4.36. The van der Waals surface area contributed by atoms with E-state index in [1.165, 1.54) is 41.4 Å². The fourth-order valence-electron chi connectivity index (χ4n) is 2.68. The van der Waals surface area contributed by atoms with Crippen LogP contribution in [0.5, 0.6) is 0 Å². The van der Waals surface area contributed by atoms with Crippen LogP contribution in [-0.4, -0.2) is 44.4 Å². The van der Waals surface area contributed by atoms with E-state index in [-0.39, 0.29) is 21.3 Å². The van der Waals surface area contributed by atoms with Gasteiger partial charge in [0.2, 0.25) is 10.0 Å². The summed E-state index contributed by atoms with van der Waals surface area (Å²) >= 11 is 1.01. The van der Waals surface area contributed by atoms with E-state index in [0.717, 1.165) is 15.6 Å². The molecule has 0 saturated heterocycles. The van der Waals surface area contributed by atoms with Crippen LogP contribution in [0.3, 0.4) is 0 Å². The highest BCUT2D eigenvalue weighted by molar-refractivity contribution is 7.91. The van der Waals surface area contributed by atoms with E-state index in [2.05, 4.69) is 4.72 Å². The van der Waals surface area contributed by atoms with E-state index in [1.807, 2.05) is 0 Å². The summed E-state index contributed by atoms with van der Waals surface area (Å²) < 4.78 is 56.1. The molecule has 0 amide bonds. The molecule has 0 saturated carbocycles. The van der Waals surface area contributed by atoms with E-state index in [9.17, 15) is 21.6 Å². The Morgan fingerprint density at radius 2 is 1.64 bits per heavy atom. The average molecular weight is 445 g/mol. The van der Waals surface area contributed by atoms with E-state index in [4.69, 9.17) is 0 Å². The van der Waals surface area contributed by atoms with Gasteiger partial charge < -0.3 is 0 Å². The molecule has 0 spiro atoms. The molecule has 3 aromatic rings. The number of imidazole rings is 1. The second-order valence-electron chi connectivity index (χ2n) is 6.38. The van der Waals surface area contributed by atoms with E-state index >= 15 is 0 Å². The molecule has 2 aromatic heterocycles. The summed E-state index contributed by atoms with van der Waals surface area (Å²) in [6, 6.07) is 7.48. The fourth-order valence-corrected chi connectivity index (χ4v) is 6.26. The first-order valence-corrected chi connectivity index (χ1v) is 11.9. The minimum atomic E-state index is -3.84. The van der Waals surface area contributed by atoms with Gasteiger partial charge in [-0.3, -0.25) is 9.13 Å². The van der Waals surface area contributed by atoms with Crippen LogP contribution in [0.25, 0.3) is 11.0 Å². The van der Waals surface area contributed by atoms with Gasteiger partial charge in [-0.1, -0.05) is 0 Å². The van der Waals surface area contributed by atoms with Gasteiger partial charge in [-0.2, -0.15) is 0 Å². The standard InChI is InChI=1S/C16H20N4O5S3/c1-18(2)28(24,25)15-8-5-11(26-15)10-17-27(22,23)12-6-7-13-14(9-12)20(4)16(21)19(13)3/h5-9,17H,10H2,1-4H3. The van der Waals surface area contributed by atoms with Crippen molar-refractivity contribution in [1.29, 1.82) is 0 Å². The molecule has 28 heavy (non-hydrogen) atoms. The summed E-state index contributed by atoms with van der Waals surface area (Å²) in [6.45, 7) is -0.0400. The van der Waals surface area contributed by atoms with Gasteiger partial charge in [0.25, 0.3) is 10.0 Å². The zero-order chi connectivity index (χ0) is 20.9. The number of benzene rings is 1. The third kappa shape index (κ3) is 3.53. The lowest BCUT2D eigenvalue weighted by Crippen LogP contribution is -2.23. The second kappa shape index (κ2) is 7.12. The van der Waals surface area contributed by atoms with Crippen molar-refractivity contribution < 1.29 is 16.8 Å². The topological polar surface area (TPSA) is 110 Å². The summed E-state index contributed by atoms with van der Waals surface area (Å²) in [5.74, 6) is 0. The van der Waals surface area contributed by atoms with E-state index in [0.29, 0.717) is 15.9 Å². The molecule has 1 N–H and O–H groups in total. The number of hydrogen-bond donors (Lipinski definition) is 1. The molecule has 0 fully saturated rings. The predicted octanol–water partition coefficient (Wildman–Crippen LogP) is 0.667. The largest absolute Gasteiger partial charge is 0.328 e. The number of sulfonamides is 2. The molecule has 1 aromatic carbocycles. The Morgan fingerprint density at radius 3 is 2.29 bits per heavy atom. The number of aromatic nitrogens is 2. The number of nitrogens with one attached hydrogen (secondary N) is 1. The Bertz CT molecular complexity index is 1310. The van der Waals surface area contributed by atoms with Crippen LogP contribution in [0.1, 0.15) is 4.88 Å². The Kier molecular flexibility index (Phi) is 5.27. The lowest BCUT2D eigenvalue weighted by Gasteiger charge is -2.08. The molecule has 3 rings (SSSR count). The molecule has 0 unspecified atom stereocenters. The van der Waals surface area contributed by atoms with E-state index in [1.54, 1.807) is 26.2 Å². The molecule has 0 aliphatic carbocycles. The lowest BCUT2D eigenvalue weighted by atomic mass is 10.3. The van der Waals surface area contributed by atoms with Crippen LogP contribution in [0, 0.1) is 0 Å². The molecule has 9 nitrogen and oxygen atoms in total. The van der Waals surface area contributed by atoms with Crippen molar-refractivity contribution in [2.24, 2.45) is 14.1 Å². The normalized spacial score (nSPS) is 12.9. The molecule has 0 bridgehead atoms. The first-order chi connectivity index (χ1) is 12.9. The van der Waals surface area contributed by atoms with E-state index < -0.39 is 20.0 Å². The maximum Gasteiger partial charge on any atom is 0.328 e. The van der Waals surface area contributed by atoms with Crippen molar-refractivity contribution in [3.8, 4) is 0 Å². The Labute approximate surface area is 166 Å². The number of nitrogens with zero attached hydrogens (tertiary/aromatic N) is 3. The van der Waals surface area contributed by atoms with Gasteiger partial charge in [0, 0.05) is 39.6 Å². The molecule has 0 aliphatic heterocycles. The number of rotatable bonds is 6. The highest BCUT2D eigenvalue weighted by Gasteiger charge is 2.21. The highest BCUT2D eigenvalue weighted by Crippen LogP contribution is 2.24. The molecule has 2 heterocycles. The van der Waals surface area contributed by atoms with Gasteiger partial charge in [0.05, 0.1) is 15.9 Å². The molecule has 0 radical (unpaired) electrons. The first-order valence-electron chi connectivity index (χ1n) is 8.11. The fraction of sp³-hybridized carbons (Fsp3) is 0.312. The van der Waals surface area contributed by atoms with Crippen LogP contribution >= 0.6 is 11.3 Å². The van der Waals surface area contributed by atoms with Gasteiger partial charge >= 0.3 is 5.69 Å². The van der Waals surface area contributed by atoms with Gasteiger partial charge in [-0.15, -0.1) is 11.3 Å². The molecular formula is C16H20N4O5S3. The predicted molar refractivity (Wildman–Crippen MR) is 107 cm³/mol. The maximum atomic E-state index is 12.6. The molecule has 0 atom stereocenters. The van der Waals surface area contributed by atoms with Crippen LogP contribution in [0.4, 0.5) is 0 Å². The van der Waals surface area contributed by atoms with Crippen LogP contribution in [0.2, 0.25) is 0 Å². The smallest absolute Gasteiger partial charge is 0.295 e. The second-order valence-corrected chi connectivity index (χ2v) is 11.7. The van der Waals surface area contributed by atoms with Crippen LogP contribution in [-0.2, 0) is 40.7 Å². The van der Waals surface area contributed by atoms with Crippen molar-refractivity contribution >= 4 is 42.4 Å². The van der Waals surface area contributed by atoms with Crippen molar-refractivity contribution in [3.63, 3.8) is 0 Å². The van der Waals surface area contributed by atoms with Crippen molar-refractivity contribution in [1.82, 2.24) is 18.2 Å². The van der Waals surface area contributed by atoms with Crippen molar-refractivity contribution in [3.05, 3.63) is 45.7 Å². The summed E-state index contributed by atoms with van der Waals surface area (Å²) in [7, 11) is -1.33. The third-order valence-corrected chi connectivity index (χ3v) is 9.13. The van der Waals surface area contributed by atoms with Gasteiger partial charge in [0.1, 0.15) is 4.21 Å². The first kappa shape index (κ1) is 20.7. The summed E-state index contributed by atoms with van der Waals surface area (Å²) in [6.07, 6.45) is 0. The number of hydrogen-bond acceptors (Lipinski definition) is 6. The zero-order valence-electron chi connectivity index (χ0n) is 15.7. The highest BCUT2D eigenvalue weighted by atomic mass is 32.2. The summed E-state index contributed by atoms with van der Waals surface area (Å²) in [5.41, 5.74) is 0.889. The number of thiophene rings is 1.